The molecule has 96 valence electrons. The molecular weight excluding hydrogens is 212 g/mol. The number of piperazine rings is 3. The predicted octanol–water partition coefficient (Wildman–Crippen LogP) is 1.38. The molecule has 3 aliphatic heterocycles. The van der Waals surface area contributed by atoms with E-state index in [4.69, 9.17) is 0 Å². The molecule has 0 aromatic heterocycles. The number of carbonyl (C=O) groups excluding carboxylic acids is 1. The fourth-order valence-corrected chi connectivity index (χ4v) is 3.85. The van der Waals surface area contributed by atoms with E-state index in [0.29, 0.717) is 11.7 Å². The quantitative estimate of drug-likeness (QED) is 0.724. The number of carbonyl (C=O) groups is 1. The average molecular weight is 236 g/mol. The molecule has 3 heteroatoms. The van der Waals surface area contributed by atoms with Crippen LogP contribution >= 0.6 is 0 Å². The van der Waals surface area contributed by atoms with Crippen LogP contribution in [-0.2, 0) is 4.79 Å². The van der Waals surface area contributed by atoms with Crippen LogP contribution < -0.4 is 0 Å². The smallest absolute Gasteiger partial charge is 0.154 e. The summed E-state index contributed by atoms with van der Waals surface area (Å²) >= 11 is 0. The van der Waals surface area contributed by atoms with Crippen LogP contribution in [0, 0.1) is 11.8 Å². The Morgan fingerprint density at radius 3 is 2.47 bits per heavy atom. The molecule has 0 radical (unpaired) electrons. The largest absolute Gasteiger partial charge is 0.299 e. The number of nitrogens with zero attached hydrogens (tertiary/aromatic N) is 2. The van der Waals surface area contributed by atoms with Crippen molar-refractivity contribution in [3.63, 3.8) is 0 Å². The van der Waals surface area contributed by atoms with Gasteiger partial charge >= 0.3 is 0 Å². The molecule has 4 aliphatic rings. The van der Waals surface area contributed by atoms with Crippen molar-refractivity contribution in [2.45, 2.75) is 38.6 Å². The lowest BCUT2D eigenvalue weighted by Gasteiger charge is -2.47. The van der Waals surface area contributed by atoms with Crippen LogP contribution in [0.4, 0.5) is 0 Å². The molecule has 3 heterocycles. The van der Waals surface area contributed by atoms with E-state index in [9.17, 15) is 4.79 Å². The highest BCUT2D eigenvalue weighted by molar-refractivity contribution is 5.87. The minimum Gasteiger partial charge on any atom is -0.299 e. The molecule has 4 rings (SSSR count). The lowest BCUT2D eigenvalue weighted by Crippen LogP contribution is -2.64. The second kappa shape index (κ2) is 4.69. The van der Waals surface area contributed by atoms with Crippen LogP contribution in [0.5, 0.6) is 0 Å². The summed E-state index contributed by atoms with van der Waals surface area (Å²) in [5.41, 5.74) is 0. The summed E-state index contributed by atoms with van der Waals surface area (Å²) in [5.74, 6) is 1.68. The van der Waals surface area contributed by atoms with Crippen molar-refractivity contribution < 1.29 is 4.79 Å². The summed E-state index contributed by atoms with van der Waals surface area (Å²) in [6.45, 7) is 7.87. The van der Waals surface area contributed by atoms with Gasteiger partial charge in [-0.15, -0.1) is 0 Å². The third-order valence-electron chi connectivity index (χ3n) is 4.95. The van der Waals surface area contributed by atoms with Crippen molar-refractivity contribution in [1.29, 1.82) is 0 Å². The van der Waals surface area contributed by atoms with Crippen LogP contribution in [0.1, 0.15) is 32.6 Å². The fourth-order valence-electron chi connectivity index (χ4n) is 3.85. The molecule has 17 heavy (non-hydrogen) atoms. The summed E-state index contributed by atoms with van der Waals surface area (Å²) in [4.78, 5) is 17.5. The van der Waals surface area contributed by atoms with Gasteiger partial charge in [-0.1, -0.05) is 19.8 Å². The van der Waals surface area contributed by atoms with Gasteiger partial charge in [-0.3, -0.25) is 14.6 Å². The molecule has 2 bridgehead atoms. The highest BCUT2D eigenvalue weighted by Gasteiger charge is 2.39. The summed E-state index contributed by atoms with van der Waals surface area (Å²) in [6.07, 6.45) is 4.87. The molecule has 0 spiro atoms. The third kappa shape index (κ3) is 2.27. The van der Waals surface area contributed by atoms with Crippen molar-refractivity contribution in [3.8, 4) is 0 Å². The molecule has 3 saturated heterocycles. The number of rotatable bonds is 2. The molecule has 1 saturated carbocycles. The predicted molar refractivity (Wildman–Crippen MR) is 67.9 cm³/mol. The monoisotopic (exact) mass is 236 g/mol. The lowest BCUT2D eigenvalue weighted by atomic mass is 9.78. The highest BCUT2D eigenvalue weighted by Crippen LogP contribution is 2.31. The Labute approximate surface area is 104 Å². The van der Waals surface area contributed by atoms with Crippen molar-refractivity contribution in [3.05, 3.63) is 0 Å². The van der Waals surface area contributed by atoms with Gasteiger partial charge in [0.1, 0.15) is 0 Å². The molecule has 1 aliphatic carbocycles. The van der Waals surface area contributed by atoms with E-state index in [1.54, 1.807) is 0 Å². The number of hydrogen-bond acceptors (Lipinski definition) is 3. The zero-order chi connectivity index (χ0) is 11.8. The maximum absolute atomic E-state index is 12.6. The molecule has 0 N–H and O–H groups in total. The van der Waals surface area contributed by atoms with Gasteiger partial charge in [-0.25, -0.2) is 0 Å². The first-order chi connectivity index (χ1) is 8.24. The topological polar surface area (TPSA) is 23.6 Å². The summed E-state index contributed by atoms with van der Waals surface area (Å²) in [7, 11) is 0. The molecular formula is C14H24N2O. The van der Waals surface area contributed by atoms with Gasteiger partial charge in [-0.2, -0.15) is 0 Å². The zero-order valence-corrected chi connectivity index (χ0v) is 10.9. The number of hydrogen-bond donors (Lipinski definition) is 0. The van der Waals surface area contributed by atoms with E-state index in [0.717, 1.165) is 38.4 Å². The van der Waals surface area contributed by atoms with Gasteiger partial charge in [0.2, 0.25) is 0 Å². The highest BCUT2D eigenvalue weighted by atomic mass is 16.1. The van der Waals surface area contributed by atoms with Crippen molar-refractivity contribution in [2.24, 2.45) is 11.8 Å². The van der Waals surface area contributed by atoms with Gasteiger partial charge < -0.3 is 0 Å². The Hall–Kier alpha value is -0.410. The van der Waals surface area contributed by atoms with Gasteiger partial charge in [-0.05, 0) is 18.8 Å². The first-order valence-corrected chi connectivity index (χ1v) is 7.24. The second-order valence-corrected chi connectivity index (χ2v) is 6.22. The van der Waals surface area contributed by atoms with Gasteiger partial charge in [0.25, 0.3) is 0 Å². The van der Waals surface area contributed by atoms with Gasteiger partial charge in [0.15, 0.2) is 5.78 Å². The van der Waals surface area contributed by atoms with Crippen LogP contribution in [0.3, 0.4) is 0 Å². The third-order valence-corrected chi connectivity index (χ3v) is 4.95. The summed E-state index contributed by atoms with van der Waals surface area (Å²) < 4.78 is 0. The minimum atomic E-state index is 0.229. The van der Waals surface area contributed by atoms with E-state index in [1.807, 2.05) is 0 Å². The Morgan fingerprint density at radius 2 is 1.88 bits per heavy atom. The van der Waals surface area contributed by atoms with Gasteiger partial charge in [0, 0.05) is 38.6 Å². The normalized spacial score (nSPS) is 45.8. The standard InChI is InChI=1S/C14H24N2O/c1-11-3-2-4-12(9-11)14(17)13-10-15-5-7-16(13)8-6-15/h11-13H,2-10H2,1H3. The van der Waals surface area contributed by atoms with Crippen LogP contribution in [0.2, 0.25) is 0 Å². The van der Waals surface area contributed by atoms with E-state index >= 15 is 0 Å². The first kappa shape index (κ1) is 11.7. The number of fused-ring (bicyclic) bond motifs is 3. The Kier molecular flexibility index (Phi) is 3.22. The molecule has 0 amide bonds. The molecule has 3 nitrogen and oxygen atoms in total. The molecule has 3 atom stereocenters. The summed E-state index contributed by atoms with van der Waals surface area (Å²) in [6, 6.07) is 0.229. The minimum absolute atomic E-state index is 0.229. The molecule has 0 aromatic rings. The fraction of sp³-hybridized carbons (Fsp3) is 0.929. The maximum Gasteiger partial charge on any atom is 0.154 e. The molecule has 3 unspecified atom stereocenters. The van der Waals surface area contributed by atoms with Crippen molar-refractivity contribution in [1.82, 2.24) is 9.80 Å². The van der Waals surface area contributed by atoms with Gasteiger partial charge in [0.05, 0.1) is 6.04 Å². The average Bonchev–Trinajstić information content (AvgIpc) is 2.39. The Morgan fingerprint density at radius 1 is 1.12 bits per heavy atom. The van der Waals surface area contributed by atoms with Crippen LogP contribution in [0.25, 0.3) is 0 Å². The van der Waals surface area contributed by atoms with E-state index in [2.05, 4.69) is 16.7 Å². The van der Waals surface area contributed by atoms with Crippen molar-refractivity contribution in [2.75, 3.05) is 32.7 Å². The van der Waals surface area contributed by atoms with E-state index < -0.39 is 0 Å². The Bertz CT molecular complexity index is 297. The van der Waals surface area contributed by atoms with Crippen LogP contribution in [0.15, 0.2) is 0 Å². The molecule has 4 fully saturated rings. The second-order valence-electron chi connectivity index (χ2n) is 6.22. The van der Waals surface area contributed by atoms with Crippen molar-refractivity contribution >= 4 is 5.78 Å². The summed E-state index contributed by atoms with van der Waals surface area (Å²) in [5, 5.41) is 0. The Balaban J connectivity index is 1.65. The van der Waals surface area contributed by atoms with Crippen LogP contribution in [-0.4, -0.2) is 54.3 Å². The first-order valence-electron chi connectivity index (χ1n) is 7.24. The maximum atomic E-state index is 12.6. The molecule has 0 aromatic carbocycles. The number of Topliss-reactive ketones (excluding diaryl/α,β-unsaturated/α-hetero) is 1. The van der Waals surface area contributed by atoms with E-state index in [-0.39, 0.29) is 6.04 Å². The van der Waals surface area contributed by atoms with E-state index in [1.165, 1.54) is 25.9 Å². The lowest BCUT2D eigenvalue weighted by molar-refractivity contribution is -0.134. The zero-order valence-electron chi connectivity index (χ0n) is 10.9. The SMILES string of the molecule is CC1CCCC(C(=O)C2CN3CCN2CC3)C1. The number of ketones is 1.